The minimum Gasteiger partial charge on any atom is -0.497 e. The number of hydrogen-bond donors (Lipinski definition) is 1. The average Bonchev–Trinajstić information content (AvgIpc) is 3.48. The molecule has 0 bridgehead atoms. The van der Waals surface area contributed by atoms with Gasteiger partial charge in [0.15, 0.2) is 5.82 Å². The predicted molar refractivity (Wildman–Crippen MR) is 112 cm³/mol. The molecule has 2 atom stereocenters. The van der Waals surface area contributed by atoms with Gasteiger partial charge in [0.2, 0.25) is 0 Å². The first-order valence-corrected chi connectivity index (χ1v) is 10.6. The van der Waals surface area contributed by atoms with Crippen LogP contribution in [-0.4, -0.2) is 76.2 Å². The van der Waals surface area contributed by atoms with E-state index in [4.69, 9.17) is 14.2 Å². The third-order valence-electron chi connectivity index (χ3n) is 5.99. The number of morpholine rings is 1. The Labute approximate surface area is 179 Å². The zero-order valence-electron chi connectivity index (χ0n) is 17.5. The second kappa shape index (κ2) is 8.74. The molecule has 0 aliphatic carbocycles. The number of benzene rings is 1. The topological polar surface area (TPSA) is 107 Å². The molecule has 0 saturated carbocycles. The first-order chi connectivity index (χ1) is 15.2. The first-order valence-electron chi connectivity index (χ1n) is 10.6. The van der Waals surface area contributed by atoms with Gasteiger partial charge in [-0.1, -0.05) is 0 Å². The van der Waals surface area contributed by atoms with Gasteiger partial charge in [-0.05, 0) is 46.9 Å². The standard InChI is InChI=1S/C21H26N6O4/c1-29-15-5-4-14-11-17(21(28)22-18(14)12-15)19(26-6-9-30-10-7-26)20-23-24-25-27(20)13-16-3-2-8-31-16/h4-5,11-12,16,19H,2-3,6-10,13H2,1H3,(H,22,28)/t16-,19+/m1/s1. The summed E-state index contributed by atoms with van der Waals surface area (Å²) in [6.07, 6.45) is 2.12. The average molecular weight is 426 g/mol. The smallest absolute Gasteiger partial charge is 0.253 e. The molecule has 31 heavy (non-hydrogen) atoms. The van der Waals surface area contributed by atoms with Crippen LogP contribution in [0.1, 0.15) is 30.3 Å². The Kier molecular flexibility index (Phi) is 5.66. The summed E-state index contributed by atoms with van der Waals surface area (Å²) in [6.45, 7) is 3.93. The van der Waals surface area contributed by atoms with Gasteiger partial charge in [0, 0.05) is 31.3 Å². The van der Waals surface area contributed by atoms with E-state index in [1.54, 1.807) is 11.8 Å². The van der Waals surface area contributed by atoms with Crippen molar-refractivity contribution in [3.8, 4) is 5.75 Å². The monoisotopic (exact) mass is 426 g/mol. The molecule has 10 nitrogen and oxygen atoms in total. The summed E-state index contributed by atoms with van der Waals surface area (Å²) >= 11 is 0. The number of hydrogen-bond acceptors (Lipinski definition) is 8. The van der Waals surface area contributed by atoms with Gasteiger partial charge in [0.05, 0.1) is 38.5 Å². The van der Waals surface area contributed by atoms with E-state index in [1.807, 2.05) is 24.3 Å². The molecule has 2 aromatic heterocycles. The van der Waals surface area contributed by atoms with Crippen LogP contribution in [-0.2, 0) is 16.0 Å². The molecule has 5 rings (SSSR count). The maximum absolute atomic E-state index is 13.2. The molecule has 10 heteroatoms. The van der Waals surface area contributed by atoms with Crippen molar-refractivity contribution in [1.29, 1.82) is 0 Å². The lowest BCUT2D eigenvalue weighted by Gasteiger charge is -2.33. The lowest BCUT2D eigenvalue weighted by molar-refractivity contribution is 0.0205. The molecule has 0 spiro atoms. The van der Waals surface area contributed by atoms with E-state index in [0.717, 1.165) is 30.4 Å². The molecule has 2 saturated heterocycles. The Morgan fingerprint density at radius 2 is 2.13 bits per heavy atom. The predicted octanol–water partition coefficient (Wildman–Crippen LogP) is 1.12. The second-order valence-corrected chi connectivity index (χ2v) is 7.91. The van der Waals surface area contributed by atoms with Crippen molar-refractivity contribution in [2.45, 2.75) is 31.5 Å². The normalized spacial score (nSPS) is 20.9. The Morgan fingerprint density at radius 3 is 2.90 bits per heavy atom. The zero-order chi connectivity index (χ0) is 21.2. The van der Waals surface area contributed by atoms with E-state index in [-0.39, 0.29) is 17.7 Å². The molecule has 1 aromatic carbocycles. The van der Waals surface area contributed by atoms with E-state index in [9.17, 15) is 4.79 Å². The summed E-state index contributed by atoms with van der Waals surface area (Å²) in [4.78, 5) is 18.4. The summed E-state index contributed by atoms with van der Waals surface area (Å²) < 4.78 is 18.4. The van der Waals surface area contributed by atoms with Gasteiger partial charge in [0.1, 0.15) is 11.8 Å². The maximum Gasteiger partial charge on any atom is 0.253 e. The Balaban J connectivity index is 1.58. The van der Waals surface area contributed by atoms with Crippen LogP contribution in [0.4, 0.5) is 0 Å². The highest BCUT2D eigenvalue weighted by molar-refractivity contribution is 5.80. The first kappa shape index (κ1) is 20.1. The number of tetrazole rings is 1. The molecule has 2 aliphatic rings. The number of H-pyrrole nitrogens is 1. The van der Waals surface area contributed by atoms with Crippen molar-refractivity contribution in [2.24, 2.45) is 0 Å². The molecule has 2 fully saturated rings. The lowest BCUT2D eigenvalue weighted by atomic mass is 10.0. The number of aromatic nitrogens is 5. The summed E-state index contributed by atoms with van der Waals surface area (Å²) in [5.74, 6) is 1.34. The summed E-state index contributed by atoms with van der Waals surface area (Å²) in [7, 11) is 1.61. The molecule has 0 radical (unpaired) electrons. The van der Waals surface area contributed by atoms with E-state index in [1.165, 1.54) is 0 Å². The summed E-state index contributed by atoms with van der Waals surface area (Å²) in [5.41, 5.74) is 1.18. The number of ether oxygens (including phenoxy) is 3. The van der Waals surface area contributed by atoms with Crippen LogP contribution < -0.4 is 10.3 Å². The molecule has 4 heterocycles. The van der Waals surface area contributed by atoms with Crippen LogP contribution in [0.15, 0.2) is 29.1 Å². The molecule has 164 valence electrons. The second-order valence-electron chi connectivity index (χ2n) is 7.91. The maximum atomic E-state index is 13.2. The molecular formula is C21H26N6O4. The number of rotatable bonds is 6. The van der Waals surface area contributed by atoms with Gasteiger partial charge in [-0.25, -0.2) is 4.68 Å². The lowest BCUT2D eigenvalue weighted by Crippen LogP contribution is -2.42. The Hall–Kier alpha value is -2.82. The van der Waals surface area contributed by atoms with Crippen LogP contribution >= 0.6 is 0 Å². The number of aromatic amines is 1. The van der Waals surface area contributed by atoms with Gasteiger partial charge in [-0.15, -0.1) is 5.10 Å². The minimum atomic E-state index is -0.379. The third-order valence-corrected chi connectivity index (χ3v) is 5.99. The quantitative estimate of drug-likeness (QED) is 0.625. The number of nitrogens with zero attached hydrogens (tertiary/aromatic N) is 5. The number of fused-ring (bicyclic) bond motifs is 1. The number of pyridine rings is 1. The van der Waals surface area contributed by atoms with E-state index < -0.39 is 0 Å². The van der Waals surface area contributed by atoms with Crippen LogP contribution in [0.3, 0.4) is 0 Å². The number of methoxy groups -OCH3 is 1. The van der Waals surface area contributed by atoms with Crippen molar-refractivity contribution in [3.05, 3.63) is 46.0 Å². The van der Waals surface area contributed by atoms with Crippen molar-refractivity contribution < 1.29 is 14.2 Å². The molecule has 2 aliphatic heterocycles. The largest absolute Gasteiger partial charge is 0.497 e. The minimum absolute atomic E-state index is 0.0925. The highest BCUT2D eigenvalue weighted by Crippen LogP contribution is 2.29. The molecule has 3 aromatic rings. The fraction of sp³-hybridized carbons (Fsp3) is 0.524. The van der Waals surface area contributed by atoms with Crippen LogP contribution in [0.25, 0.3) is 10.9 Å². The van der Waals surface area contributed by atoms with Crippen molar-refractivity contribution in [2.75, 3.05) is 40.0 Å². The van der Waals surface area contributed by atoms with Crippen LogP contribution in [0, 0.1) is 0 Å². The SMILES string of the molecule is COc1ccc2cc([C@@H](c3nnnn3C[C@H]3CCCO3)N3CCOCC3)c(=O)[nH]c2c1. The van der Waals surface area contributed by atoms with Gasteiger partial charge in [0.25, 0.3) is 5.56 Å². The van der Waals surface area contributed by atoms with Crippen molar-refractivity contribution >= 4 is 10.9 Å². The highest BCUT2D eigenvalue weighted by Gasteiger charge is 2.32. The number of nitrogens with one attached hydrogen (secondary N) is 1. The fourth-order valence-corrected chi connectivity index (χ4v) is 4.38. The van der Waals surface area contributed by atoms with E-state index in [2.05, 4.69) is 25.4 Å². The third kappa shape index (κ3) is 4.06. The Morgan fingerprint density at radius 1 is 1.26 bits per heavy atom. The summed E-state index contributed by atoms with van der Waals surface area (Å²) in [6, 6.07) is 7.20. The van der Waals surface area contributed by atoms with E-state index >= 15 is 0 Å². The van der Waals surface area contributed by atoms with Gasteiger partial charge < -0.3 is 19.2 Å². The Bertz CT molecular complexity index is 1100. The molecular weight excluding hydrogens is 400 g/mol. The van der Waals surface area contributed by atoms with Gasteiger partial charge in [-0.2, -0.15) is 0 Å². The van der Waals surface area contributed by atoms with Gasteiger partial charge in [-0.3, -0.25) is 9.69 Å². The molecule has 0 amide bonds. The zero-order valence-corrected chi connectivity index (χ0v) is 17.5. The highest BCUT2D eigenvalue weighted by atomic mass is 16.5. The fourth-order valence-electron chi connectivity index (χ4n) is 4.38. The molecule has 1 N–H and O–H groups in total. The van der Waals surface area contributed by atoms with Crippen molar-refractivity contribution in [1.82, 2.24) is 30.1 Å². The van der Waals surface area contributed by atoms with Crippen LogP contribution in [0.2, 0.25) is 0 Å². The van der Waals surface area contributed by atoms with E-state index in [0.29, 0.717) is 50.0 Å². The van der Waals surface area contributed by atoms with Gasteiger partial charge >= 0.3 is 0 Å². The summed E-state index contributed by atoms with van der Waals surface area (Å²) in [5, 5.41) is 13.4. The van der Waals surface area contributed by atoms with Crippen molar-refractivity contribution in [3.63, 3.8) is 0 Å². The molecule has 0 unspecified atom stereocenters. The van der Waals surface area contributed by atoms with Crippen LogP contribution in [0.5, 0.6) is 5.75 Å².